The van der Waals surface area contributed by atoms with E-state index in [1.807, 2.05) is 133 Å². The van der Waals surface area contributed by atoms with Crippen molar-refractivity contribution in [2.45, 2.75) is 13.2 Å². The SMILES string of the molecule is Oc1ccccc1-c1nc(/C=C/c2ccc(OCc3ccccc3)c(OCc3ccccc3)c2)nn1-c1ccccc1. The van der Waals surface area contributed by atoms with Crippen LogP contribution in [0.1, 0.15) is 22.5 Å². The Morgan fingerprint density at radius 2 is 1.21 bits per heavy atom. The van der Waals surface area contributed by atoms with Gasteiger partial charge in [-0.25, -0.2) is 9.67 Å². The summed E-state index contributed by atoms with van der Waals surface area (Å²) in [4.78, 5) is 4.76. The summed E-state index contributed by atoms with van der Waals surface area (Å²) in [6, 6.07) is 42.8. The molecular formula is C36H29N3O3. The minimum atomic E-state index is 0.143. The minimum Gasteiger partial charge on any atom is -0.507 e. The molecule has 6 rings (SSSR count). The maximum Gasteiger partial charge on any atom is 0.175 e. The zero-order valence-corrected chi connectivity index (χ0v) is 22.9. The van der Waals surface area contributed by atoms with Gasteiger partial charge in [0.05, 0.1) is 11.3 Å². The number of aromatic nitrogens is 3. The number of ether oxygens (including phenoxy) is 2. The number of nitrogens with zero attached hydrogens (tertiary/aromatic N) is 3. The van der Waals surface area contributed by atoms with Gasteiger partial charge in [-0.15, -0.1) is 5.10 Å². The van der Waals surface area contributed by atoms with Crippen molar-refractivity contribution in [3.05, 3.63) is 156 Å². The number of benzene rings is 5. The molecule has 0 atom stereocenters. The van der Waals surface area contributed by atoms with Gasteiger partial charge in [0.1, 0.15) is 19.0 Å². The van der Waals surface area contributed by atoms with Crippen molar-refractivity contribution in [2.75, 3.05) is 0 Å². The number of phenols is 1. The molecule has 0 aliphatic rings. The number of hydrogen-bond acceptors (Lipinski definition) is 5. The van der Waals surface area contributed by atoms with E-state index in [1.165, 1.54) is 0 Å². The summed E-state index contributed by atoms with van der Waals surface area (Å²) >= 11 is 0. The highest BCUT2D eigenvalue weighted by atomic mass is 16.5. The Morgan fingerprint density at radius 1 is 0.619 bits per heavy atom. The molecule has 0 spiro atoms. The number of rotatable bonds is 10. The van der Waals surface area contributed by atoms with Gasteiger partial charge < -0.3 is 14.6 Å². The Hall–Kier alpha value is -5.62. The number of para-hydroxylation sites is 2. The molecule has 0 saturated heterocycles. The van der Waals surface area contributed by atoms with Gasteiger partial charge in [-0.1, -0.05) is 103 Å². The molecule has 0 amide bonds. The molecule has 1 N–H and O–H groups in total. The third-order valence-electron chi connectivity index (χ3n) is 6.64. The van der Waals surface area contributed by atoms with Crippen LogP contribution in [-0.2, 0) is 13.2 Å². The zero-order chi connectivity index (χ0) is 28.6. The third kappa shape index (κ3) is 6.40. The standard InChI is InChI=1S/C36H29N3O3/c40-32-19-11-10-18-31(32)36-37-35(38-39(36)30-16-8-3-9-17-30)23-21-27-20-22-33(41-25-28-12-4-1-5-13-28)34(24-27)42-26-29-14-6-2-7-15-29/h1-24,40H,25-26H2/b23-21+. The van der Waals surface area contributed by atoms with Crippen LogP contribution >= 0.6 is 0 Å². The minimum absolute atomic E-state index is 0.143. The van der Waals surface area contributed by atoms with E-state index in [-0.39, 0.29) is 5.75 Å². The van der Waals surface area contributed by atoms with Crippen molar-refractivity contribution in [3.63, 3.8) is 0 Å². The molecule has 6 heteroatoms. The molecule has 5 aromatic carbocycles. The van der Waals surface area contributed by atoms with E-state index in [0.29, 0.717) is 41.9 Å². The van der Waals surface area contributed by atoms with Gasteiger partial charge in [0.25, 0.3) is 0 Å². The average Bonchev–Trinajstić information content (AvgIpc) is 3.48. The Labute approximate surface area is 244 Å². The van der Waals surface area contributed by atoms with Crippen LogP contribution in [-0.4, -0.2) is 19.9 Å². The number of aromatic hydroxyl groups is 1. The predicted molar refractivity (Wildman–Crippen MR) is 165 cm³/mol. The summed E-state index contributed by atoms with van der Waals surface area (Å²) in [5.41, 5.74) is 4.50. The van der Waals surface area contributed by atoms with Crippen LogP contribution < -0.4 is 9.47 Å². The molecule has 0 saturated carbocycles. The van der Waals surface area contributed by atoms with Crippen LogP contribution in [0.3, 0.4) is 0 Å². The molecule has 6 aromatic rings. The van der Waals surface area contributed by atoms with Crippen LogP contribution in [0.2, 0.25) is 0 Å². The van der Waals surface area contributed by atoms with E-state index in [4.69, 9.17) is 19.6 Å². The van der Waals surface area contributed by atoms with Gasteiger partial charge in [-0.05, 0) is 59.2 Å². The predicted octanol–water partition coefficient (Wildman–Crippen LogP) is 7.97. The molecule has 206 valence electrons. The maximum absolute atomic E-state index is 10.5. The van der Waals surface area contributed by atoms with E-state index in [9.17, 15) is 5.11 Å². The lowest BCUT2D eigenvalue weighted by atomic mass is 10.1. The summed E-state index contributed by atoms with van der Waals surface area (Å²) in [7, 11) is 0. The second-order valence-electron chi connectivity index (χ2n) is 9.65. The first kappa shape index (κ1) is 26.6. The van der Waals surface area contributed by atoms with Gasteiger partial charge in [-0.3, -0.25) is 0 Å². The highest BCUT2D eigenvalue weighted by Gasteiger charge is 2.15. The molecule has 0 aliphatic heterocycles. The van der Waals surface area contributed by atoms with Crippen LogP contribution in [0, 0.1) is 0 Å². The summed E-state index contributed by atoms with van der Waals surface area (Å²) < 4.78 is 14.1. The fourth-order valence-electron chi connectivity index (χ4n) is 4.49. The monoisotopic (exact) mass is 551 g/mol. The number of hydrogen-bond donors (Lipinski definition) is 1. The van der Waals surface area contributed by atoms with Crippen LogP contribution in [0.4, 0.5) is 0 Å². The molecule has 0 unspecified atom stereocenters. The topological polar surface area (TPSA) is 69.4 Å². The third-order valence-corrected chi connectivity index (χ3v) is 6.64. The lowest BCUT2D eigenvalue weighted by molar-refractivity contribution is 0.256. The summed E-state index contributed by atoms with van der Waals surface area (Å²) in [6.45, 7) is 0.857. The van der Waals surface area contributed by atoms with Gasteiger partial charge in [0, 0.05) is 0 Å². The van der Waals surface area contributed by atoms with Crippen molar-refractivity contribution in [3.8, 4) is 34.3 Å². The second kappa shape index (κ2) is 12.7. The molecule has 0 bridgehead atoms. The Balaban J connectivity index is 1.29. The average molecular weight is 552 g/mol. The lowest BCUT2D eigenvalue weighted by Gasteiger charge is -2.14. The molecule has 0 fully saturated rings. The van der Waals surface area contributed by atoms with Crippen molar-refractivity contribution >= 4 is 12.2 Å². The lowest BCUT2D eigenvalue weighted by Crippen LogP contribution is -2.01. The maximum atomic E-state index is 10.5. The summed E-state index contributed by atoms with van der Waals surface area (Å²) in [6.07, 6.45) is 3.79. The Kier molecular flexibility index (Phi) is 8.04. The fraction of sp³-hybridized carbons (Fsp3) is 0.0556. The fourth-order valence-corrected chi connectivity index (χ4v) is 4.49. The van der Waals surface area contributed by atoms with Crippen molar-refractivity contribution < 1.29 is 14.6 Å². The largest absolute Gasteiger partial charge is 0.507 e. The van der Waals surface area contributed by atoms with Crippen LogP contribution in [0.25, 0.3) is 29.2 Å². The van der Waals surface area contributed by atoms with Crippen molar-refractivity contribution in [2.24, 2.45) is 0 Å². The normalized spacial score (nSPS) is 11.0. The molecule has 42 heavy (non-hydrogen) atoms. The molecule has 6 nitrogen and oxygen atoms in total. The van der Waals surface area contributed by atoms with Crippen molar-refractivity contribution in [1.29, 1.82) is 0 Å². The first-order valence-electron chi connectivity index (χ1n) is 13.7. The van der Waals surface area contributed by atoms with Gasteiger partial charge in [-0.2, -0.15) is 0 Å². The van der Waals surface area contributed by atoms with Crippen molar-refractivity contribution in [1.82, 2.24) is 14.8 Å². The number of phenolic OH excluding ortho intramolecular Hbond substituents is 1. The van der Waals surface area contributed by atoms with Gasteiger partial charge in [0.2, 0.25) is 0 Å². The van der Waals surface area contributed by atoms with Crippen LogP contribution in [0.5, 0.6) is 17.2 Å². The second-order valence-corrected chi connectivity index (χ2v) is 9.65. The Morgan fingerprint density at radius 3 is 1.88 bits per heavy atom. The van der Waals surface area contributed by atoms with E-state index in [1.54, 1.807) is 16.8 Å². The molecular weight excluding hydrogens is 522 g/mol. The highest BCUT2D eigenvalue weighted by Crippen LogP contribution is 2.32. The summed E-state index contributed by atoms with van der Waals surface area (Å²) in [5, 5.41) is 15.3. The van der Waals surface area contributed by atoms with Gasteiger partial charge in [0.15, 0.2) is 23.1 Å². The van der Waals surface area contributed by atoms with E-state index in [0.717, 1.165) is 22.4 Å². The molecule has 0 radical (unpaired) electrons. The van der Waals surface area contributed by atoms with E-state index >= 15 is 0 Å². The van der Waals surface area contributed by atoms with Gasteiger partial charge >= 0.3 is 0 Å². The molecule has 1 aromatic heterocycles. The highest BCUT2D eigenvalue weighted by molar-refractivity contribution is 5.71. The Bertz CT molecular complexity index is 1780. The molecule has 0 aliphatic carbocycles. The van der Waals surface area contributed by atoms with E-state index < -0.39 is 0 Å². The first-order valence-corrected chi connectivity index (χ1v) is 13.7. The zero-order valence-electron chi connectivity index (χ0n) is 22.9. The first-order chi connectivity index (χ1) is 20.7. The smallest absolute Gasteiger partial charge is 0.175 e. The quantitative estimate of drug-likeness (QED) is 0.187. The van der Waals surface area contributed by atoms with Crippen LogP contribution in [0.15, 0.2) is 133 Å². The molecule has 1 heterocycles. The van der Waals surface area contributed by atoms with E-state index in [2.05, 4.69) is 0 Å². The summed E-state index contributed by atoms with van der Waals surface area (Å²) in [5.74, 6) is 2.52.